The second-order valence-electron chi connectivity index (χ2n) is 6.67. The van der Waals surface area contributed by atoms with E-state index in [0.29, 0.717) is 6.10 Å². The maximum Gasteiger partial charge on any atom is 0.320 e. The Bertz CT molecular complexity index is 536. The summed E-state index contributed by atoms with van der Waals surface area (Å²) in [6, 6.07) is 2.12. The number of urea groups is 1. The highest BCUT2D eigenvalue weighted by Crippen LogP contribution is 2.57. The molecule has 6 nitrogen and oxygen atoms in total. The fraction of sp³-hybridized carbons (Fsp3) is 0.750. The molecule has 0 bridgehead atoms. The molecule has 2 aliphatic rings. The van der Waals surface area contributed by atoms with Gasteiger partial charge >= 0.3 is 6.03 Å². The summed E-state index contributed by atoms with van der Waals surface area (Å²) >= 11 is 0. The summed E-state index contributed by atoms with van der Waals surface area (Å²) < 4.78 is 7.63. The van der Waals surface area contributed by atoms with Crippen LogP contribution >= 0.6 is 0 Å². The van der Waals surface area contributed by atoms with Crippen LogP contribution in [0.2, 0.25) is 0 Å². The molecule has 3 rings (SSSR count). The van der Waals surface area contributed by atoms with Crippen molar-refractivity contribution in [1.82, 2.24) is 15.1 Å². The maximum atomic E-state index is 12.3. The van der Waals surface area contributed by atoms with Gasteiger partial charge in [-0.1, -0.05) is 6.42 Å². The molecule has 2 fully saturated rings. The van der Waals surface area contributed by atoms with E-state index in [9.17, 15) is 4.79 Å². The number of nitrogens with zero attached hydrogens (tertiary/aromatic N) is 2. The average Bonchev–Trinajstić information content (AvgIpc) is 2.83. The highest BCUT2D eigenvalue weighted by molar-refractivity contribution is 5.88. The molecule has 0 radical (unpaired) electrons. The summed E-state index contributed by atoms with van der Waals surface area (Å²) in [4.78, 5) is 12.3. The number of hydrogen-bond acceptors (Lipinski definition) is 3. The van der Waals surface area contributed by atoms with Crippen molar-refractivity contribution in [1.29, 1.82) is 0 Å². The summed E-state index contributed by atoms with van der Waals surface area (Å²) in [5, 5.41) is 10.3. The smallest absolute Gasteiger partial charge is 0.320 e. The van der Waals surface area contributed by atoms with Gasteiger partial charge in [0.05, 0.1) is 12.3 Å². The minimum absolute atomic E-state index is 0.145. The quantitative estimate of drug-likeness (QED) is 0.879. The minimum atomic E-state index is -0.145. The number of carbonyl (C=O) groups is 1. The van der Waals surface area contributed by atoms with Gasteiger partial charge in [0.15, 0.2) is 0 Å². The van der Waals surface area contributed by atoms with E-state index in [2.05, 4.69) is 15.7 Å². The van der Waals surface area contributed by atoms with Crippen molar-refractivity contribution in [3.05, 3.63) is 12.3 Å². The lowest BCUT2D eigenvalue weighted by atomic mass is 9.51. The summed E-state index contributed by atoms with van der Waals surface area (Å²) in [5.74, 6) is 0.732. The fourth-order valence-corrected chi connectivity index (χ4v) is 3.78. The van der Waals surface area contributed by atoms with Gasteiger partial charge < -0.3 is 10.1 Å². The molecule has 1 spiro atoms. The average molecular weight is 306 g/mol. The molecule has 2 N–H and O–H groups in total. The van der Waals surface area contributed by atoms with Gasteiger partial charge in [0.25, 0.3) is 0 Å². The van der Waals surface area contributed by atoms with E-state index in [1.807, 2.05) is 31.5 Å². The Kier molecular flexibility index (Phi) is 4.12. The van der Waals surface area contributed by atoms with Crippen LogP contribution in [-0.4, -0.2) is 34.6 Å². The van der Waals surface area contributed by atoms with Gasteiger partial charge in [-0.3, -0.25) is 5.32 Å². The van der Waals surface area contributed by atoms with Crippen LogP contribution < -0.4 is 10.6 Å². The number of rotatable bonds is 5. The largest absolute Gasteiger partial charge is 0.378 e. The SMILES string of the molecule is CCO[C@@H]1C[C@@H](NC(=O)Nc2ccnn2C(C)C)C12CCC2. The van der Waals surface area contributed by atoms with E-state index >= 15 is 0 Å². The van der Waals surface area contributed by atoms with Crippen LogP contribution in [0, 0.1) is 5.41 Å². The summed E-state index contributed by atoms with van der Waals surface area (Å²) in [5.41, 5.74) is 0.186. The molecule has 2 amide bonds. The zero-order valence-electron chi connectivity index (χ0n) is 13.6. The standard InChI is InChI=1S/C16H26N4O2/c1-4-22-13-10-12(16(13)7-5-8-16)18-15(21)19-14-6-9-17-20(14)11(2)3/h6,9,11-13H,4-5,7-8,10H2,1-3H3,(H2,18,19,21)/t12-,13-/m1/s1. The van der Waals surface area contributed by atoms with Crippen molar-refractivity contribution in [2.24, 2.45) is 5.41 Å². The molecule has 2 aliphatic carbocycles. The predicted molar refractivity (Wildman–Crippen MR) is 84.9 cm³/mol. The first kappa shape index (κ1) is 15.3. The normalized spacial score (nSPS) is 25.6. The second kappa shape index (κ2) is 5.91. The molecule has 1 aromatic heterocycles. The molecule has 2 saturated carbocycles. The van der Waals surface area contributed by atoms with E-state index in [1.165, 1.54) is 6.42 Å². The molecule has 0 unspecified atom stereocenters. The molecular formula is C16H26N4O2. The van der Waals surface area contributed by atoms with Crippen molar-refractivity contribution < 1.29 is 9.53 Å². The van der Waals surface area contributed by atoms with Crippen LogP contribution in [0.25, 0.3) is 0 Å². The Balaban J connectivity index is 1.57. The lowest BCUT2D eigenvalue weighted by Gasteiger charge is -2.60. The summed E-state index contributed by atoms with van der Waals surface area (Å²) in [6.45, 7) is 6.86. The van der Waals surface area contributed by atoms with E-state index in [1.54, 1.807) is 6.20 Å². The highest BCUT2D eigenvalue weighted by Gasteiger charge is 2.59. The van der Waals surface area contributed by atoms with Crippen molar-refractivity contribution in [2.45, 2.75) is 64.6 Å². The topological polar surface area (TPSA) is 68.2 Å². The van der Waals surface area contributed by atoms with Gasteiger partial charge in [0.1, 0.15) is 5.82 Å². The zero-order chi connectivity index (χ0) is 15.7. The van der Waals surface area contributed by atoms with Crippen LogP contribution in [0.15, 0.2) is 12.3 Å². The zero-order valence-corrected chi connectivity index (χ0v) is 13.6. The molecule has 0 aliphatic heterocycles. The van der Waals surface area contributed by atoms with Crippen molar-refractivity contribution in [3.63, 3.8) is 0 Å². The third-order valence-corrected chi connectivity index (χ3v) is 5.14. The Morgan fingerprint density at radius 1 is 1.55 bits per heavy atom. The number of anilines is 1. The van der Waals surface area contributed by atoms with E-state index in [0.717, 1.165) is 31.7 Å². The van der Waals surface area contributed by atoms with Gasteiger partial charge in [-0.15, -0.1) is 0 Å². The van der Waals surface area contributed by atoms with E-state index < -0.39 is 0 Å². The molecule has 1 heterocycles. The van der Waals surface area contributed by atoms with Gasteiger partial charge in [-0.2, -0.15) is 5.10 Å². The molecule has 2 atom stereocenters. The van der Waals surface area contributed by atoms with E-state index in [4.69, 9.17) is 4.74 Å². The molecule has 1 aromatic rings. The number of nitrogens with one attached hydrogen (secondary N) is 2. The number of ether oxygens (including phenoxy) is 1. The minimum Gasteiger partial charge on any atom is -0.378 e. The fourth-order valence-electron chi connectivity index (χ4n) is 3.78. The Hall–Kier alpha value is -1.56. The highest BCUT2D eigenvalue weighted by atomic mass is 16.5. The van der Waals surface area contributed by atoms with Crippen molar-refractivity contribution in [3.8, 4) is 0 Å². The Labute approximate surface area is 131 Å². The summed E-state index contributed by atoms with van der Waals surface area (Å²) in [6.07, 6.45) is 6.50. The van der Waals surface area contributed by atoms with Gasteiger partial charge in [-0.05, 0) is 40.0 Å². The van der Waals surface area contributed by atoms with Crippen LogP contribution in [-0.2, 0) is 4.74 Å². The molecular weight excluding hydrogens is 280 g/mol. The van der Waals surface area contributed by atoms with Gasteiger partial charge in [-0.25, -0.2) is 9.48 Å². The molecule has 22 heavy (non-hydrogen) atoms. The predicted octanol–water partition coefficient (Wildman–Crippen LogP) is 2.93. The van der Waals surface area contributed by atoms with Crippen molar-refractivity contribution in [2.75, 3.05) is 11.9 Å². The lowest BCUT2D eigenvalue weighted by molar-refractivity contribution is -0.169. The number of aromatic nitrogens is 2. The number of hydrogen-bond donors (Lipinski definition) is 2. The Morgan fingerprint density at radius 3 is 2.91 bits per heavy atom. The molecule has 0 saturated heterocycles. The molecule has 122 valence electrons. The molecule has 6 heteroatoms. The van der Waals surface area contributed by atoms with Crippen LogP contribution in [0.4, 0.5) is 10.6 Å². The lowest BCUT2D eigenvalue weighted by Crippen LogP contribution is -2.68. The number of carbonyl (C=O) groups excluding carboxylic acids is 1. The third kappa shape index (κ3) is 2.49. The Morgan fingerprint density at radius 2 is 2.32 bits per heavy atom. The maximum absolute atomic E-state index is 12.3. The first-order valence-corrected chi connectivity index (χ1v) is 8.29. The second-order valence-corrected chi connectivity index (χ2v) is 6.67. The monoisotopic (exact) mass is 306 g/mol. The van der Waals surface area contributed by atoms with Crippen LogP contribution in [0.5, 0.6) is 0 Å². The van der Waals surface area contributed by atoms with Crippen LogP contribution in [0.3, 0.4) is 0 Å². The summed E-state index contributed by atoms with van der Waals surface area (Å²) in [7, 11) is 0. The van der Waals surface area contributed by atoms with Crippen LogP contribution in [0.1, 0.15) is 52.5 Å². The first-order valence-electron chi connectivity index (χ1n) is 8.29. The first-order chi connectivity index (χ1) is 10.6. The van der Waals surface area contributed by atoms with Crippen molar-refractivity contribution >= 4 is 11.8 Å². The van der Waals surface area contributed by atoms with Gasteiger partial charge in [0, 0.05) is 30.2 Å². The number of amides is 2. The van der Waals surface area contributed by atoms with E-state index in [-0.39, 0.29) is 23.5 Å². The van der Waals surface area contributed by atoms with Gasteiger partial charge in [0.2, 0.25) is 0 Å². The third-order valence-electron chi connectivity index (χ3n) is 5.14. The molecule has 0 aromatic carbocycles.